The average molecular weight is 146 g/mol. The van der Waals surface area contributed by atoms with Gasteiger partial charge in [-0.2, -0.15) is 0 Å². The van der Waals surface area contributed by atoms with E-state index in [0.29, 0.717) is 6.73 Å². The van der Waals surface area contributed by atoms with Gasteiger partial charge in [0.15, 0.2) is 6.73 Å². The van der Waals surface area contributed by atoms with Gasteiger partial charge in [-0.3, -0.25) is 4.99 Å². The molecule has 0 saturated heterocycles. The number of hydrogen-bond acceptors (Lipinski definition) is 2. The van der Waals surface area contributed by atoms with Crippen LogP contribution in [0.25, 0.3) is 12.3 Å². The van der Waals surface area contributed by atoms with Gasteiger partial charge in [-0.05, 0) is 6.08 Å². The van der Waals surface area contributed by atoms with Gasteiger partial charge >= 0.3 is 0 Å². The number of ether oxygens (including phenoxy) is 1. The van der Waals surface area contributed by atoms with Crippen molar-refractivity contribution in [2.45, 2.75) is 6.73 Å². The summed E-state index contributed by atoms with van der Waals surface area (Å²) < 4.78 is 7.18. The molecule has 0 fully saturated rings. The van der Waals surface area contributed by atoms with Crippen LogP contribution in [0, 0.1) is 0 Å². The van der Waals surface area contributed by atoms with Crippen molar-refractivity contribution in [2.24, 2.45) is 4.99 Å². The second kappa shape index (κ2) is 1.56. The molecule has 2 aliphatic rings. The molecule has 0 atom stereocenters. The quantitative estimate of drug-likeness (QED) is 0.498. The molecule has 3 heteroatoms. The Morgan fingerprint density at radius 1 is 1.55 bits per heavy atom. The average Bonchev–Trinajstić information content (AvgIpc) is 2.52. The normalized spacial score (nSPS) is 16.7. The fourth-order valence-electron chi connectivity index (χ4n) is 1.46. The first-order valence-electron chi connectivity index (χ1n) is 3.50. The van der Waals surface area contributed by atoms with Crippen molar-refractivity contribution in [3.05, 3.63) is 28.7 Å². The summed E-state index contributed by atoms with van der Waals surface area (Å²) in [6, 6.07) is 0. The molecule has 0 aliphatic carbocycles. The zero-order valence-electron chi connectivity index (χ0n) is 5.82. The third-order valence-electron chi connectivity index (χ3n) is 1.99. The van der Waals surface area contributed by atoms with E-state index in [1.54, 1.807) is 6.26 Å². The number of rotatable bonds is 0. The van der Waals surface area contributed by atoms with Gasteiger partial charge in [0, 0.05) is 18.0 Å². The highest BCUT2D eigenvalue weighted by atomic mass is 16.5. The van der Waals surface area contributed by atoms with Crippen LogP contribution in [0.1, 0.15) is 5.56 Å². The Hall–Kier alpha value is -1.51. The Labute approximate surface area is 62.9 Å². The number of aromatic nitrogens is 1. The molecule has 11 heavy (non-hydrogen) atoms. The Morgan fingerprint density at radius 3 is 3.55 bits per heavy atom. The van der Waals surface area contributed by atoms with E-state index in [0.717, 1.165) is 10.7 Å². The van der Waals surface area contributed by atoms with E-state index in [-0.39, 0.29) is 0 Å². The maximum atomic E-state index is 5.13. The van der Waals surface area contributed by atoms with Crippen LogP contribution in [-0.4, -0.2) is 4.57 Å². The highest BCUT2D eigenvalue weighted by Gasteiger charge is 2.10. The molecule has 0 N–H and O–H groups in total. The molecule has 0 saturated carbocycles. The minimum atomic E-state index is 0.631. The molecule has 3 nitrogen and oxygen atoms in total. The van der Waals surface area contributed by atoms with E-state index >= 15 is 0 Å². The third kappa shape index (κ3) is 0.510. The summed E-state index contributed by atoms with van der Waals surface area (Å²) in [5.41, 5.74) is 1.19. The zero-order chi connectivity index (χ0) is 7.26. The molecule has 0 bridgehead atoms. The minimum Gasteiger partial charge on any atom is -0.478 e. The lowest BCUT2D eigenvalue weighted by molar-refractivity contribution is 0.237. The summed E-state index contributed by atoms with van der Waals surface area (Å²) in [4.78, 5) is 4.22. The predicted molar refractivity (Wildman–Crippen MR) is 39.8 cm³/mol. The van der Waals surface area contributed by atoms with Gasteiger partial charge in [0.25, 0.3) is 0 Å². The topological polar surface area (TPSA) is 26.5 Å². The highest BCUT2D eigenvalue weighted by Crippen LogP contribution is 2.02. The third-order valence-corrected chi connectivity index (χ3v) is 1.99. The summed E-state index contributed by atoms with van der Waals surface area (Å²) >= 11 is 0. The summed E-state index contributed by atoms with van der Waals surface area (Å²) in [5.74, 6) is 0. The summed E-state index contributed by atoms with van der Waals surface area (Å²) in [7, 11) is 0. The molecule has 1 aromatic heterocycles. The van der Waals surface area contributed by atoms with Crippen molar-refractivity contribution >= 4 is 12.3 Å². The van der Waals surface area contributed by atoms with Gasteiger partial charge in [0.05, 0.1) is 5.36 Å². The van der Waals surface area contributed by atoms with E-state index < -0.39 is 0 Å². The van der Waals surface area contributed by atoms with Crippen molar-refractivity contribution < 1.29 is 4.74 Å². The SMILES string of the molecule is C1=Cc2cn3c(c2=N1)=COC3. The minimum absolute atomic E-state index is 0.631. The van der Waals surface area contributed by atoms with E-state index in [1.807, 2.05) is 12.3 Å². The monoisotopic (exact) mass is 146 g/mol. The maximum Gasteiger partial charge on any atom is 0.164 e. The van der Waals surface area contributed by atoms with Crippen molar-refractivity contribution in [1.29, 1.82) is 0 Å². The van der Waals surface area contributed by atoms with Crippen LogP contribution < -0.4 is 10.7 Å². The zero-order valence-corrected chi connectivity index (χ0v) is 5.82. The molecule has 0 spiro atoms. The first-order chi connectivity index (χ1) is 5.45. The van der Waals surface area contributed by atoms with Gasteiger partial charge < -0.3 is 9.30 Å². The number of nitrogens with zero attached hydrogens (tertiary/aromatic N) is 2. The molecule has 0 unspecified atom stereocenters. The first-order valence-corrected chi connectivity index (χ1v) is 3.50. The lowest BCUT2D eigenvalue weighted by atomic mass is 10.3. The van der Waals surface area contributed by atoms with Crippen LogP contribution in [-0.2, 0) is 11.5 Å². The molecule has 1 aromatic rings. The Balaban J connectivity index is 2.56. The van der Waals surface area contributed by atoms with Crippen molar-refractivity contribution in [3.8, 4) is 0 Å². The van der Waals surface area contributed by atoms with E-state index in [4.69, 9.17) is 4.74 Å². The molecule has 0 radical (unpaired) electrons. The van der Waals surface area contributed by atoms with Gasteiger partial charge in [-0.1, -0.05) is 0 Å². The van der Waals surface area contributed by atoms with E-state index in [9.17, 15) is 0 Å². The number of fused-ring (bicyclic) bond motifs is 3. The fourth-order valence-corrected chi connectivity index (χ4v) is 1.46. The van der Waals surface area contributed by atoms with Gasteiger partial charge in [-0.25, -0.2) is 0 Å². The molecule has 2 aliphatic heterocycles. The van der Waals surface area contributed by atoms with Gasteiger partial charge in [-0.15, -0.1) is 0 Å². The molecule has 0 amide bonds. The maximum absolute atomic E-state index is 5.13. The van der Waals surface area contributed by atoms with Crippen LogP contribution in [0.5, 0.6) is 0 Å². The largest absolute Gasteiger partial charge is 0.478 e. The lowest BCUT2D eigenvalue weighted by Crippen LogP contribution is -2.25. The first kappa shape index (κ1) is 5.18. The van der Waals surface area contributed by atoms with Crippen molar-refractivity contribution in [1.82, 2.24) is 4.57 Å². The van der Waals surface area contributed by atoms with Crippen molar-refractivity contribution in [3.63, 3.8) is 0 Å². The fraction of sp³-hybridized carbons (Fsp3) is 0.125. The molecule has 54 valence electrons. The van der Waals surface area contributed by atoms with Gasteiger partial charge in [0.2, 0.25) is 0 Å². The summed E-state index contributed by atoms with van der Waals surface area (Å²) in [6.45, 7) is 0.631. The standard InChI is InChI=1S/C8H6N2O/c1-2-9-8-6(1)3-10-5-11-4-7(8)10/h1-4H,5H2. The number of hydrogen-bond donors (Lipinski definition) is 0. The van der Waals surface area contributed by atoms with Crippen LogP contribution in [0.2, 0.25) is 0 Å². The summed E-state index contributed by atoms with van der Waals surface area (Å²) in [6.07, 6.45) is 7.64. The smallest absolute Gasteiger partial charge is 0.164 e. The Bertz CT molecular complexity index is 453. The molecule has 3 rings (SSSR count). The Morgan fingerprint density at radius 2 is 2.55 bits per heavy atom. The van der Waals surface area contributed by atoms with E-state index in [2.05, 4.69) is 15.8 Å². The lowest BCUT2D eigenvalue weighted by Gasteiger charge is -1.91. The highest BCUT2D eigenvalue weighted by molar-refractivity contribution is 5.51. The molecular formula is C8H6N2O. The predicted octanol–water partition coefficient (Wildman–Crippen LogP) is -0.182. The van der Waals surface area contributed by atoms with Crippen LogP contribution in [0.3, 0.4) is 0 Å². The summed E-state index contributed by atoms with van der Waals surface area (Å²) in [5, 5.41) is 2.13. The van der Waals surface area contributed by atoms with Crippen LogP contribution >= 0.6 is 0 Å². The second-order valence-electron chi connectivity index (χ2n) is 2.65. The molecule has 0 aromatic carbocycles. The van der Waals surface area contributed by atoms with Crippen LogP contribution in [0.4, 0.5) is 0 Å². The van der Waals surface area contributed by atoms with Crippen molar-refractivity contribution in [2.75, 3.05) is 0 Å². The Kier molecular flexibility index (Phi) is 0.733. The van der Waals surface area contributed by atoms with E-state index in [1.165, 1.54) is 5.56 Å². The second-order valence-corrected chi connectivity index (χ2v) is 2.65. The van der Waals surface area contributed by atoms with Gasteiger partial charge in [0.1, 0.15) is 11.6 Å². The van der Waals surface area contributed by atoms with Crippen LogP contribution in [0.15, 0.2) is 17.4 Å². The molecule has 3 heterocycles. The molecular weight excluding hydrogens is 140 g/mol.